The fraction of sp³-hybridized carbons (Fsp3) is 0.857. The van der Waals surface area contributed by atoms with E-state index in [0.717, 1.165) is 32.1 Å². The van der Waals surface area contributed by atoms with E-state index < -0.39 is 16.3 Å². The maximum Gasteiger partial charge on any atom is 0.248 e. The lowest BCUT2D eigenvalue weighted by Gasteiger charge is -2.35. The van der Waals surface area contributed by atoms with E-state index in [4.69, 9.17) is 0 Å². The van der Waals surface area contributed by atoms with E-state index in [1.165, 1.54) is 0 Å². The third-order valence-electron chi connectivity index (χ3n) is 4.44. The molecule has 2 unspecified atom stereocenters. The molecular weight excluding hydrogens is 276 g/mol. The molecule has 20 heavy (non-hydrogen) atoms. The number of nitrogens with zero attached hydrogens (tertiary/aromatic N) is 1. The van der Waals surface area contributed by atoms with Crippen molar-refractivity contribution in [3.05, 3.63) is 0 Å². The molecule has 1 aliphatic heterocycles. The molecule has 0 radical (unpaired) electrons. The highest BCUT2D eigenvalue weighted by Crippen LogP contribution is 2.33. The van der Waals surface area contributed by atoms with Crippen LogP contribution in [0.2, 0.25) is 0 Å². The number of carbonyl (C=O) groups is 2. The topological polar surface area (TPSA) is 66.5 Å². The van der Waals surface area contributed by atoms with Crippen molar-refractivity contribution in [2.24, 2.45) is 0 Å². The first-order chi connectivity index (χ1) is 9.44. The summed E-state index contributed by atoms with van der Waals surface area (Å²) in [5, 5.41) is 2.96. The van der Waals surface area contributed by atoms with Gasteiger partial charge in [0.25, 0.3) is 0 Å². The minimum atomic E-state index is -0.844. The van der Waals surface area contributed by atoms with Crippen LogP contribution in [0.1, 0.15) is 45.4 Å². The van der Waals surface area contributed by atoms with Crippen molar-refractivity contribution in [2.75, 3.05) is 18.6 Å². The molecule has 1 aliphatic carbocycles. The van der Waals surface area contributed by atoms with E-state index in [2.05, 4.69) is 5.32 Å². The highest BCUT2D eigenvalue weighted by molar-refractivity contribution is 7.84. The monoisotopic (exact) mass is 300 g/mol. The first-order valence-corrected chi connectivity index (χ1v) is 9.09. The van der Waals surface area contributed by atoms with Gasteiger partial charge in [-0.1, -0.05) is 12.8 Å². The summed E-state index contributed by atoms with van der Waals surface area (Å²) >= 11 is 0. The van der Waals surface area contributed by atoms with Gasteiger partial charge in [0.1, 0.15) is 5.54 Å². The Hall–Kier alpha value is -0.910. The number of nitrogens with one attached hydrogen (secondary N) is 1. The van der Waals surface area contributed by atoms with Gasteiger partial charge in [-0.25, -0.2) is 0 Å². The Bertz CT molecular complexity index is 419. The Morgan fingerprint density at radius 1 is 1.35 bits per heavy atom. The van der Waals surface area contributed by atoms with Gasteiger partial charge in [-0.05, 0) is 26.2 Å². The molecule has 1 heterocycles. The van der Waals surface area contributed by atoms with Crippen LogP contribution in [0.4, 0.5) is 0 Å². The molecule has 2 rings (SSSR count). The molecule has 2 atom stereocenters. The summed E-state index contributed by atoms with van der Waals surface area (Å²) in [6, 6.07) is 0.0385. The average Bonchev–Trinajstić information content (AvgIpc) is 2.81. The van der Waals surface area contributed by atoms with Gasteiger partial charge in [0.2, 0.25) is 11.8 Å². The van der Waals surface area contributed by atoms with Crippen LogP contribution in [0.15, 0.2) is 0 Å². The maximum atomic E-state index is 12.8. The molecule has 1 saturated carbocycles. The van der Waals surface area contributed by atoms with Gasteiger partial charge in [0.05, 0.1) is 0 Å². The Labute approximate surface area is 122 Å². The van der Waals surface area contributed by atoms with E-state index in [1.54, 1.807) is 6.26 Å². The number of hydrogen-bond acceptors (Lipinski definition) is 3. The molecule has 0 aromatic rings. The van der Waals surface area contributed by atoms with Gasteiger partial charge >= 0.3 is 0 Å². The number of carbonyl (C=O) groups excluding carboxylic acids is 2. The second-order valence-electron chi connectivity index (χ2n) is 6.00. The summed E-state index contributed by atoms with van der Waals surface area (Å²) < 4.78 is 11.2. The summed E-state index contributed by atoms with van der Waals surface area (Å²) in [5.74, 6) is 0.642. The molecule has 1 saturated heterocycles. The van der Waals surface area contributed by atoms with Gasteiger partial charge in [0.15, 0.2) is 0 Å². The van der Waals surface area contributed by atoms with Crippen molar-refractivity contribution in [2.45, 2.75) is 57.0 Å². The van der Waals surface area contributed by atoms with Crippen molar-refractivity contribution in [1.29, 1.82) is 0 Å². The first kappa shape index (κ1) is 15.5. The van der Waals surface area contributed by atoms with Crippen molar-refractivity contribution < 1.29 is 13.8 Å². The molecule has 1 N–H and O–H groups in total. The van der Waals surface area contributed by atoms with Gasteiger partial charge in [-0.3, -0.25) is 13.8 Å². The Kier molecular flexibility index (Phi) is 4.83. The molecular formula is C14H24N2O3S. The molecule has 6 heteroatoms. The summed E-state index contributed by atoms with van der Waals surface area (Å²) in [5.41, 5.74) is -0.660. The highest BCUT2D eigenvalue weighted by Gasteiger charge is 2.47. The molecule has 1 spiro atoms. The van der Waals surface area contributed by atoms with E-state index in [0.29, 0.717) is 18.7 Å². The van der Waals surface area contributed by atoms with Crippen LogP contribution >= 0.6 is 0 Å². The quantitative estimate of drug-likeness (QED) is 0.835. The van der Waals surface area contributed by atoms with Crippen LogP contribution < -0.4 is 5.32 Å². The number of rotatable bonds is 4. The maximum absolute atomic E-state index is 12.8. The van der Waals surface area contributed by atoms with Gasteiger partial charge in [-0.2, -0.15) is 0 Å². The molecule has 114 valence electrons. The van der Waals surface area contributed by atoms with Crippen molar-refractivity contribution in [3.8, 4) is 0 Å². The van der Waals surface area contributed by atoms with E-state index in [-0.39, 0.29) is 17.9 Å². The van der Waals surface area contributed by atoms with E-state index >= 15 is 0 Å². The second kappa shape index (κ2) is 6.24. The Morgan fingerprint density at radius 3 is 2.60 bits per heavy atom. The Morgan fingerprint density at radius 2 is 2.00 bits per heavy atom. The summed E-state index contributed by atoms with van der Waals surface area (Å²) in [6.07, 6.45) is 6.26. The van der Waals surface area contributed by atoms with E-state index in [9.17, 15) is 13.8 Å². The van der Waals surface area contributed by atoms with Crippen LogP contribution in [-0.2, 0) is 20.4 Å². The predicted molar refractivity (Wildman–Crippen MR) is 78.7 cm³/mol. The summed E-state index contributed by atoms with van der Waals surface area (Å²) in [4.78, 5) is 26.6. The lowest BCUT2D eigenvalue weighted by atomic mass is 9.95. The molecule has 0 aromatic carbocycles. The minimum Gasteiger partial charge on any atom is -0.342 e. The van der Waals surface area contributed by atoms with Crippen LogP contribution in [-0.4, -0.2) is 51.1 Å². The zero-order valence-electron chi connectivity index (χ0n) is 12.3. The largest absolute Gasteiger partial charge is 0.342 e. The van der Waals surface area contributed by atoms with Crippen molar-refractivity contribution >= 4 is 22.6 Å². The normalized spacial score (nSPS) is 25.4. The molecule has 2 fully saturated rings. The summed E-state index contributed by atoms with van der Waals surface area (Å²) in [6.45, 7) is 2.47. The lowest BCUT2D eigenvalue weighted by Crippen LogP contribution is -2.57. The van der Waals surface area contributed by atoms with Gasteiger partial charge < -0.3 is 10.2 Å². The predicted octanol–water partition coefficient (Wildman–Crippen LogP) is 0.805. The fourth-order valence-electron chi connectivity index (χ4n) is 3.21. The molecule has 5 nitrogen and oxygen atoms in total. The molecule has 2 amide bonds. The van der Waals surface area contributed by atoms with Crippen LogP contribution in [0, 0.1) is 0 Å². The fourth-order valence-corrected chi connectivity index (χ4v) is 3.88. The van der Waals surface area contributed by atoms with Crippen molar-refractivity contribution in [1.82, 2.24) is 10.2 Å². The van der Waals surface area contributed by atoms with Crippen LogP contribution in [0.3, 0.4) is 0 Å². The number of amides is 2. The van der Waals surface area contributed by atoms with Gasteiger partial charge in [-0.15, -0.1) is 0 Å². The minimum absolute atomic E-state index is 0.0194. The molecule has 0 bridgehead atoms. The molecule has 0 aromatic heterocycles. The zero-order valence-corrected chi connectivity index (χ0v) is 13.1. The highest BCUT2D eigenvalue weighted by atomic mass is 32.2. The standard InChI is InChI=1S/C14H24N2O3S/c1-11(6-10-20(2)19)16-9-5-12(17)15-14(13(16)18)7-3-4-8-14/h11H,3-10H2,1-2H3,(H,15,17). The van der Waals surface area contributed by atoms with Crippen LogP contribution in [0.25, 0.3) is 0 Å². The lowest BCUT2D eigenvalue weighted by molar-refractivity contribution is -0.140. The van der Waals surface area contributed by atoms with Crippen molar-refractivity contribution in [3.63, 3.8) is 0 Å². The van der Waals surface area contributed by atoms with E-state index in [1.807, 2.05) is 11.8 Å². The first-order valence-electron chi connectivity index (χ1n) is 7.37. The van der Waals surface area contributed by atoms with Gasteiger partial charge in [0, 0.05) is 41.8 Å². The third-order valence-corrected chi connectivity index (χ3v) is 5.25. The average molecular weight is 300 g/mol. The Balaban J connectivity index is 2.13. The molecule has 2 aliphatic rings. The third kappa shape index (κ3) is 3.22. The SMILES string of the molecule is CC(CCS(C)=O)N1CCC(=O)NC2(CCCC2)C1=O. The summed E-state index contributed by atoms with van der Waals surface area (Å²) in [7, 11) is -0.844. The van der Waals surface area contributed by atoms with Crippen LogP contribution in [0.5, 0.6) is 0 Å². The zero-order chi connectivity index (χ0) is 14.8. The number of hydrogen-bond donors (Lipinski definition) is 1. The smallest absolute Gasteiger partial charge is 0.248 e. The second-order valence-corrected chi connectivity index (χ2v) is 7.56.